The van der Waals surface area contributed by atoms with E-state index in [0.29, 0.717) is 30.8 Å². The van der Waals surface area contributed by atoms with Gasteiger partial charge in [-0.05, 0) is 58.1 Å². The van der Waals surface area contributed by atoms with E-state index in [1.807, 2.05) is 35.2 Å². The second-order valence-corrected chi connectivity index (χ2v) is 11.6. The molecule has 2 aromatic carbocycles. The van der Waals surface area contributed by atoms with Gasteiger partial charge in [0, 0.05) is 51.7 Å². The van der Waals surface area contributed by atoms with Crippen LogP contribution in [0.4, 0.5) is 0 Å². The zero-order valence-corrected chi connectivity index (χ0v) is 20.2. The number of piperidine rings is 1. The number of rotatable bonds is 5. The largest absolute Gasteiger partial charge is 0.340 e. The number of nitrogens with zero attached hydrogens (tertiary/aromatic N) is 3. The summed E-state index contributed by atoms with van der Waals surface area (Å²) < 4.78 is 27.9. The third-order valence-corrected chi connectivity index (χ3v) is 9.46. The number of carbonyl (C=O) groups is 1. The minimum absolute atomic E-state index is 0.0866. The Bertz CT molecular complexity index is 1210. The summed E-state index contributed by atoms with van der Waals surface area (Å²) in [6.45, 7) is 4.99. The topological polar surface area (TPSA) is 60.9 Å². The molecule has 6 nitrogen and oxygen atoms in total. The Morgan fingerprint density at radius 2 is 1.64 bits per heavy atom. The predicted octanol–water partition coefficient (Wildman–Crippen LogP) is 3.65. The molecule has 0 atom stereocenters. The first-order chi connectivity index (χ1) is 16.0. The number of piperazine rings is 1. The standard InChI is InChI=1S/C25H29N3O3S2/c29-25(27-14-12-26(13-15-27)18-20-9-16-32-19-20)22-7-10-28(11-8-22)33(30,31)24-6-5-21-3-1-2-4-23(21)17-24/h1-6,9,16-17,19,22H,7-8,10-15,18H2. The van der Waals surface area contributed by atoms with E-state index in [-0.39, 0.29) is 11.8 Å². The summed E-state index contributed by atoms with van der Waals surface area (Å²) >= 11 is 1.72. The highest BCUT2D eigenvalue weighted by atomic mass is 32.2. The number of sulfonamides is 1. The number of thiophene rings is 1. The molecular formula is C25H29N3O3S2. The van der Waals surface area contributed by atoms with Crippen molar-refractivity contribution in [3.63, 3.8) is 0 Å². The molecule has 3 aromatic rings. The molecule has 33 heavy (non-hydrogen) atoms. The van der Waals surface area contributed by atoms with Crippen molar-refractivity contribution < 1.29 is 13.2 Å². The van der Waals surface area contributed by atoms with Gasteiger partial charge in [-0.2, -0.15) is 15.6 Å². The molecule has 0 aliphatic carbocycles. The van der Waals surface area contributed by atoms with Crippen molar-refractivity contribution in [3.05, 3.63) is 64.9 Å². The van der Waals surface area contributed by atoms with Crippen molar-refractivity contribution >= 4 is 38.0 Å². The third kappa shape index (κ3) is 4.84. The Labute approximate surface area is 199 Å². The molecule has 0 saturated carbocycles. The van der Waals surface area contributed by atoms with Crippen LogP contribution in [0.15, 0.2) is 64.2 Å². The zero-order valence-electron chi connectivity index (χ0n) is 18.6. The molecule has 2 fully saturated rings. The maximum atomic E-state index is 13.2. The van der Waals surface area contributed by atoms with E-state index in [2.05, 4.69) is 21.7 Å². The number of hydrogen-bond donors (Lipinski definition) is 0. The van der Waals surface area contributed by atoms with Gasteiger partial charge >= 0.3 is 0 Å². The van der Waals surface area contributed by atoms with E-state index in [9.17, 15) is 13.2 Å². The van der Waals surface area contributed by atoms with Gasteiger partial charge in [0.2, 0.25) is 15.9 Å². The number of carbonyl (C=O) groups excluding carboxylic acids is 1. The molecule has 2 saturated heterocycles. The monoisotopic (exact) mass is 483 g/mol. The molecule has 1 amide bonds. The normalized spacial score (nSPS) is 19.2. The maximum Gasteiger partial charge on any atom is 0.243 e. The van der Waals surface area contributed by atoms with Crippen LogP contribution in [0.25, 0.3) is 10.8 Å². The smallest absolute Gasteiger partial charge is 0.243 e. The fourth-order valence-electron chi connectivity index (χ4n) is 4.85. The highest BCUT2D eigenvalue weighted by molar-refractivity contribution is 7.89. The molecule has 2 aliphatic rings. The van der Waals surface area contributed by atoms with Crippen molar-refractivity contribution in [1.29, 1.82) is 0 Å². The van der Waals surface area contributed by atoms with E-state index in [1.54, 1.807) is 27.8 Å². The van der Waals surface area contributed by atoms with Gasteiger partial charge in [-0.15, -0.1) is 0 Å². The van der Waals surface area contributed by atoms with Gasteiger partial charge in [0.05, 0.1) is 4.90 Å². The van der Waals surface area contributed by atoms with Gasteiger partial charge < -0.3 is 4.90 Å². The lowest BCUT2D eigenvalue weighted by molar-refractivity contribution is -0.138. The summed E-state index contributed by atoms with van der Waals surface area (Å²) in [6, 6.07) is 15.2. The van der Waals surface area contributed by atoms with Crippen LogP contribution in [0.3, 0.4) is 0 Å². The lowest BCUT2D eigenvalue weighted by atomic mass is 9.96. The van der Waals surface area contributed by atoms with Crippen molar-refractivity contribution in [2.24, 2.45) is 5.92 Å². The van der Waals surface area contributed by atoms with Crippen LogP contribution in [0.2, 0.25) is 0 Å². The van der Waals surface area contributed by atoms with Crippen LogP contribution < -0.4 is 0 Å². The molecule has 0 spiro atoms. The second-order valence-electron chi connectivity index (χ2n) is 8.92. The van der Waals surface area contributed by atoms with Gasteiger partial charge in [0.25, 0.3) is 0 Å². The van der Waals surface area contributed by atoms with Gasteiger partial charge in [-0.3, -0.25) is 9.69 Å². The van der Waals surface area contributed by atoms with Crippen LogP contribution in [-0.4, -0.2) is 67.7 Å². The minimum atomic E-state index is -3.56. The Hall–Kier alpha value is -2.26. The highest BCUT2D eigenvalue weighted by Crippen LogP contribution is 2.27. The average Bonchev–Trinajstić information content (AvgIpc) is 3.37. The van der Waals surface area contributed by atoms with Crippen LogP contribution in [0.5, 0.6) is 0 Å². The molecular weight excluding hydrogens is 454 g/mol. The number of fused-ring (bicyclic) bond motifs is 1. The molecule has 0 unspecified atom stereocenters. The second kappa shape index (κ2) is 9.54. The van der Waals surface area contributed by atoms with Gasteiger partial charge in [0.15, 0.2) is 0 Å². The highest BCUT2D eigenvalue weighted by Gasteiger charge is 2.34. The predicted molar refractivity (Wildman–Crippen MR) is 132 cm³/mol. The Morgan fingerprint density at radius 3 is 2.33 bits per heavy atom. The van der Waals surface area contributed by atoms with E-state index >= 15 is 0 Å². The lowest BCUT2D eigenvalue weighted by Crippen LogP contribution is -2.51. The SMILES string of the molecule is O=C(C1CCN(S(=O)(=O)c2ccc3ccccc3c2)CC1)N1CCN(Cc2ccsc2)CC1. The van der Waals surface area contributed by atoms with E-state index in [4.69, 9.17) is 0 Å². The quantitative estimate of drug-likeness (QED) is 0.556. The molecule has 8 heteroatoms. The number of benzene rings is 2. The molecule has 0 radical (unpaired) electrons. The van der Waals surface area contributed by atoms with Crippen molar-refractivity contribution in [2.45, 2.75) is 24.3 Å². The van der Waals surface area contributed by atoms with Gasteiger partial charge in [-0.1, -0.05) is 30.3 Å². The Morgan fingerprint density at radius 1 is 0.909 bits per heavy atom. The fourth-order valence-corrected chi connectivity index (χ4v) is 7.01. The number of hydrogen-bond acceptors (Lipinski definition) is 5. The maximum absolute atomic E-state index is 13.2. The molecule has 0 N–H and O–H groups in total. The first-order valence-corrected chi connectivity index (χ1v) is 13.9. The summed E-state index contributed by atoms with van der Waals surface area (Å²) in [6.07, 6.45) is 1.17. The Kier molecular flexibility index (Phi) is 6.51. The zero-order chi connectivity index (χ0) is 22.8. The Balaban J connectivity index is 1.16. The first kappa shape index (κ1) is 22.5. The van der Waals surface area contributed by atoms with Gasteiger partial charge in [-0.25, -0.2) is 8.42 Å². The van der Waals surface area contributed by atoms with E-state index in [0.717, 1.165) is 43.5 Å². The molecule has 0 bridgehead atoms. The van der Waals surface area contributed by atoms with E-state index in [1.165, 1.54) is 5.56 Å². The van der Waals surface area contributed by atoms with Gasteiger partial charge in [0.1, 0.15) is 0 Å². The minimum Gasteiger partial charge on any atom is -0.340 e. The summed E-state index contributed by atoms with van der Waals surface area (Å²) in [7, 11) is -3.56. The van der Waals surface area contributed by atoms with E-state index < -0.39 is 10.0 Å². The molecule has 5 rings (SSSR count). The third-order valence-electron chi connectivity index (χ3n) is 6.83. The molecule has 1 aromatic heterocycles. The molecule has 174 valence electrons. The van der Waals surface area contributed by atoms with Crippen molar-refractivity contribution in [3.8, 4) is 0 Å². The van der Waals surface area contributed by atoms with Crippen LogP contribution in [0, 0.1) is 5.92 Å². The summed E-state index contributed by atoms with van der Waals surface area (Å²) in [4.78, 5) is 17.8. The average molecular weight is 484 g/mol. The summed E-state index contributed by atoms with van der Waals surface area (Å²) in [5.74, 6) is 0.101. The lowest BCUT2D eigenvalue weighted by Gasteiger charge is -2.38. The first-order valence-electron chi connectivity index (χ1n) is 11.5. The van der Waals surface area contributed by atoms with Crippen LogP contribution in [0.1, 0.15) is 18.4 Å². The van der Waals surface area contributed by atoms with Crippen molar-refractivity contribution in [2.75, 3.05) is 39.3 Å². The summed E-state index contributed by atoms with van der Waals surface area (Å²) in [5.41, 5.74) is 1.33. The summed E-state index contributed by atoms with van der Waals surface area (Å²) in [5, 5.41) is 6.22. The van der Waals surface area contributed by atoms with Crippen LogP contribution in [-0.2, 0) is 21.4 Å². The molecule has 3 heterocycles. The van der Waals surface area contributed by atoms with Crippen LogP contribution >= 0.6 is 11.3 Å². The van der Waals surface area contributed by atoms with Crippen molar-refractivity contribution in [1.82, 2.24) is 14.1 Å². The number of amides is 1. The fraction of sp³-hybridized carbons (Fsp3) is 0.400. The molecule has 2 aliphatic heterocycles.